The quantitative estimate of drug-likeness (QED) is 0.873. The van der Waals surface area contributed by atoms with Gasteiger partial charge >= 0.3 is 0 Å². The summed E-state index contributed by atoms with van der Waals surface area (Å²) in [5, 5.41) is 0.616. The van der Waals surface area contributed by atoms with Gasteiger partial charge in [-0.3, -0.25) is 0 Å². The molecule has 0 aliphatic rings. The van der Waals surface area contributed by atoms with Crippen LogP contribution in [0.1, 0.15) is 30.6 Å². The Bertz CT molecular complexity index is 617. The molecular weight excluding hydrogens is 289 g/mol. The predicted octanol–water partition coefficient (Wildman–Crippen LogP) is 4.64. The second-order valence-corrected chi connectivity index (χ2v) is 5.45. The van der Waals surface area contributed by atoms with Crippen LogP contribution in [0.5, 0.6) is 5.75 Å². The third-order valence-electron chi connectivity index (χ3n) is 3.46. The van der Waals surface area contributed by atoms with Crippen LogP contribution >= 0.6 is 11.6 Å². The van der Waals surface area contributed by atoms with Crippen LogP contribution in [0.4, 0.5) is 4.39 Å². The molecule has 0 aliphatic heterocycles. The standard InChI is InChI=1S/C17H19ClFNO/c1-3-16(20)17(13-6-4-5-7-14(13)18)21-12-8-9-15(19)11(2)10-12/h4-10,16-17H,3,20H2,1-2H3. The van der Waals surface area contributed by atoms with Crippen molar-refractivity contribution < 1.29 is 9.13 Å². The van der Waals surface area contributed by atoms with Crippen LogP contribution in [0.2, 0.25) is 5.02 Å². The molecule has 2 aromatic carbocycles. The first-order valence-corrected chi connectivity index (χ1v) is 7.33. The van der Waals surface area contributed by atoms with E-state index in [-0.39, 0.29) is 18.0 Å². The summed E-state index contributed by atoms with van der Waals surface area (Å²) in [7, 11) is 0. The van der Waals surface area contributed by atoms with Crippen LogP contribution < -0.4 is 10.5 Å². The lowest BCUT2D eigenvalue weighted by Gasteiger charge is -2.25. The average molecular weight is 308 g/mol. The molecule has 0 radical (unpaired) electrons. The normalized spacial score (nSPS) is 13.8. The lowest BCUT2D eigenvalue weighted by Crippen LogP contribution is -2.31. The molecule has 2 N–H and O–H groups in total. The first kappa shape index (κ1) is 15.8. The van der Waals surface area contributed by atoms with E-state index in [2.05, 4.69) is 0 Å². The van der Waals surface area contributed by atoms with E-state index in [1.165, 1.54) is 6.07 Å². The van der Waals surface area contributed by atoms with Gasteiger partial charge in [-0.1, -0.05) is 36.7 Å². The first-order chi connectivity index (χ1) is 10.0. The van der Waals surface area contributed by atoms with Crippen LogP contribution in [0.25, 0.3) is 0 Å². The van der Waals surface area contributed by atoms with Gasteiger partial charge in [-0.2, -0.15) is 0 Å². The molecular formula is C17H19ClFNO. The average Bonchev–Trinajstić information content (AvgIpc) is 2.48. The van der Waals surface area contributed by atoms with Gasteiger partial charge in [0.05, 0.1) is 0 Å². The van der Waals surface area contributed by atoms with Gasteiger partial charge < -0.3 is 10.5 Å². The number of aryl methyl sites for hydroxylation is 1. The third-order valence-corrected chi connectivity index (χ3v) is 3.81. The highest BCUT2D eigenvalue weighted by atomic mass is 35.5. The highest BCUT2D eigenvalue weighted by molar-refractivity contribution is 6.31. The lowest BCUT2D eigenvalue weighted by atomic mass is 10.0. The molecule has 0 aliphatic carbocycles. The molecule has 4 heteroatoms. The van der Waals surface area contributed by atoms with Gasteiger partial charge in [-0.25, -0.2) is 4.39 Å². The number of rotatable bonds is 5. The van der Waals surface area contributed by atoms with Crippen molar-refractivity contribution in [3.8, 4) is 5.75 Å². The summed E-state index contributed by atoms with van der Waals surface area (Å²) < 4.78 is 19.3. The lowest BCUT2D eigenvalue weighted by molar-refractivity contribution is 0.171. The van der Waals surface area contributed by atoms with Crippen molar-refractivity contribution in [3.05, 3.63) is 64.4 Å². The molecule has 0 saturated heterocycles. The maximum absolute atomic E-state index is 13.3. The van der Waals surface area contributed by atoms with Gasteiger partial charge in [0.15, 0.2) is 0 Å². The summed E-state index contributed by atoms with van der Waals surface area (Å²) in [5.74, 6) is 0.333. The molecule has 2 aromatic rings. The molecule has 0 fully saturated rings. The van der Waals surface area contributed by atoms with Crippen LogP contribution in [0.3, 0.4) is 0 Å². The van der Waals surface area contributed by atoms with Gasteiger partial charge in [0.25, 0.3) is 0 Å². The largest absolute Gasteiger partial charge is 0.484 e. The van der Waals surface area contributed by atoms with E-state index in [9.17, 15) is 4.39 Å². The Morgan fingerprint density at radius 3 is 2.57 bits per heavy atom. The molecule has 2 unspecified atom stereocenters. The minimum atomic E-state index is -0.367. The van der Waals surface area contributed by atoms with E-state index >= 15 is 0 Å². The zero-order valence-electron chi connectivity index (χ0n) is 12.1. The topological polar surface area (TPSA) is 35.2 Å². The van der Waals surface area contributed by atoms with Gasteiger partial charge in [0, 0.05) is 16.6 Å². The van der Waals surface area contributed by atoms with Crippen molar-refractivity contribution in [2.45, 2.75) is 32.4 Å². The highest BCUT2D eigenvalue weighted by Crippen LogP contribution is 2.30. The van der Waals surface area contributed by atoms with Crippen LogP contribution in [0.15, 0.2) is 42.5 Å². The summed E-state index contributed by atoms with van der Waals surface area (Å²) in [6.07, 6.45) is 0.379. The summed E-state index contributed by atoms with van der Waals surface area (Å²) in [4.78, 5) is 0. The van der Waals surface area contributed by atoms with Gasteiger partial charge in [-0.05, 0) is 43.2 Å². The molecule has 0 bridgehead atoms. The summed E-state index contributed by atoms with van der Waals surface area (Å²) >= 11 is 6.25. The molecule has 0 spiro atoms. The molecule has 112 valence electrons. The Morgan fingerprint density at radius 1 is 1.24 bits per heavy atom. The third kappa shape index (κ3) is 3.74. The van der Waals surface area contributed by atoms with E-state index in [1.54, 1.807) is 19.1 Å². The predicted molar refractivity (Wildman–Crippen MR) is 84.2 cm³/mol. The minimum Gasteiger partial charge on any atom is -0.484 e. The van der Waals surface area contributed by atoms with Crippen molar-refractivity contribution in [3.63, 3.8) is 0 Å². The van der Waals surface area contributed by atoms with Crippen molar-refractivity contribution >= 4 is 11.6 Å². The number of halogens is 2. The Balaban J connectivity index is 2.33. The first-order valence-electron chi connectivity index (χ1n) is 6.95. The van der Waals surface area contributed by atoms with Crippen LogP contribution in [-0.4, -0.2) is 6.04 Å². The van der Waals surface area contributed by atoms with Gasteiger partial charge in [-0.15, -0.1) is 0 Å². The maximum Gasteiger partial charge on any atom is 0.140 e. The molecule has 0 amide bonds. The van der Waals surface area contributed by atoms with Crippen LogP contribution in [0, 0.1) is 12.7 Å². The second-order valence-electron chi connectivity index (χ2n) is 5.04. The van der Waals surface area contributed by atoms with E-state index in [0.29, 0.717) is 16.3 Å². The number of nitrogens with two attached hydrogens (primary N) is 1. The molecule has 2 atom stereocenters. The van der Waals surface area contributed by atoms with Crippen molar-refractivity contribution in [2.24, 2.45) is 5.73 Å². The summed E-state index contributed by atoms with van der Waals surface area (Å²) in [6, 6.07) is 11.9. The fourth-order valence-electron chi connectivity index (χ4n) is 2.14. The summed E-state index contributed by atoms with van der Waals surface area (Å²) in [6.45, 7) is 3.69. The Morgan fingerprint density at radius 2 is 1.95 bits per heavy atom. The Labute approximate surface area is 129 Å². The maximum atomic E-state index is 13.3. The molecule has 21 heavy (non-hydrogen) atoms. The fourth-order valence-corrected chi connectivity index (χ4v) is 2.38. The molecule has 0 heterocycles. The van der Waals surface area contributed by atoms with Gasteiger partial charge in [0.2, 0.25) is 0 Å². The smallest absolute Gasteiger partial charge is 0.140 e. The number of benzene rings is 2. The van der Waals surface area contributed by atoms with Crippen molar-refractivity contribution in [1.82, 2.24) is 0 Å². The number of ether oxygens (including phenoxy) is 1. The molecule has 2 nitrogen and oxygen atoms in total. The minimum absolute atomic E-state index is 0.199. The zero-order chi connectivity index (χ0) is 15.4. The van der Waals surface area contributed by atoms with Crippen molar-refractivity contribution in [2.75, 3.05) is 0 Å². The molecule has 2 rings (SSSR count). The fraction of sp³-hybridized carbons (Fsp3) is 0.294. The Kier molecular flexibility index (Phi) is 5.21. The number of hydrogen-bond donors (Lipinski definition) is 1. The van der Waals surface area contributed by atoms with E-state index in [0.717, 1.165) is 12.0 Å². The van der Waals surface area contributed by atoms with E-state index in [1.807, 2.05) is 31.2 Å². The Hall–Kier alpha value is -1.58. The van der Waals surface area contributed by atoms with Crippen molar-refractivity contribution in [1.29, 1.82) is 0 Å². The van der Waals surface area contributed by atoms with Crippen LogP contribution in [-0.2, 0) is 0 Å². The molecule has 0 saturated carbocycles. The molecule has 0 aromatic heterocycles. The second kappa shape index (κ2) is 6.92. The summed E-state index contributed by atoms with van der Waals surface area (Å²) in [5.41, 5.74) is 7.56. The zero-order valence-corrected chi connectivity index (χ0v) is 12.9. The van der Waals surface area contributed by atoms with E-state index < -0.39 is 0 Å². The highest BCUT2D eigenvalue weighted by Gasteiger charge is 2.23. The SMILES string of the molecule is CCC(N)C(Oc1ccc(F)c(C)c1)c1ccccc1Cl. The van der Waals surface area contributed by atoms with E-state index in [4.69, 9.17) is 22.1 Å². The number of hydrogen-bond acceptors (Lipinski definition) is 2. The van der Waals surface area contributed by atoms with Gasteiger partial charge in [0.1, 0.15) is 17.7 Å². The monoisotopic (exact) mass is 307 g/mol.